The number of carboxylic acids is 1. The summed E-state index contributed by atoms with van der Waals surface area (Å²) in [6, 6.07) is 2.06. The van der Waals surface area contributed by atoms with Crippen LogP contribution in [0.5, 0.6) is 0 Å². The fourth-order valence-electron chi connectivity index (χ4n) is 3.12. The minimum Gasteiger partial charge on any atom is -0.481 e. The van der Waals surface area contributed by atoms with Gasteiger partial charge in [-0.05, 0) is 37.3 Å². The predicted molar refractivity (Wildman–Crippen MR) is 77.5 cm³/mol. The van der Waals surface area contributed by atoms with Crippen molar-refractivity contribution in [1.29, 1.82) is 0 Å². The van der Waals surface area contributed by atoms with Crippen molar-refractivity contribution < 1.29 is 9.90 Å². The Morgan fingerprint density at radius 2 is 2.40 bits per heavy atom. The maximum Gasteiger partial charge on any atom is 0.303 e. The van der Waals surface area contributed by atoms with Gasteiger partial charge in [-0.1, -0.05) is 6.92 Å². The highest BCUT2D eigenvalue weighted by Gasteiger charge is 2.25. The molecule has 0 amide bonds. The summed E-state index contributed by atoms with van der Waals surface area (Å²) >= 11 is 0. The van der Waals surface area contributed by atoms with E-state index in [4.69, 9.17) is 5.11 Å². The van der Waals surface area contributed by atoms with Gasteiger partial charge in [0.25, 0.3) is 0 Å². The molecule has 1 aromatic rings. The lowest BCUT2D eigenvalue weighted by Gasteiger charge is -2.35. The third kappa shape index (κ3) is 4.07. The number of piperidine rings is 1. The van der Waals surface area contributed by atoms with Crippen molar-refractivity contribution in [1.82, 2.24) is 14.7 Å². The molecule has 2 rings (SSSR count). The maximum absolute atomic E-state index is 10.8. The Balaban J connectivity index is 1.81. The van der Waals surface area contributed by atoms with E-state index in [1.54, 1.807) is 0 Å². The van der Waals surface area contributed by atoms with Crippen LogP contribution in [0.2, 0.25) is 0 Å². The van der Waals surface area contributed by atoms with Gasteiger partial charge >= 0.3 is 5.97 Å². The molecule has 0 saturated carbocycles. The van der Waals surface area contributed by atoms with Gasteiger partial charge in [0.1, 0.15) is 0 Å². The first kappa shape index (κ1) is 15.0. The number of aromatic nitrogens is 2. The van der Waals surface area contributed by atoms with Gasteiger partial charge in [0.2, 0.25) is 0 Å². The number of aliphatic carboxylic acids is 1. The lowest BCUT2D eigenvalue weighted by atomic mass is 9.84. The summed E-state index contributed by atoms with van der Waals surface area (Å²) in [6.07, 6.45) is 5.48. The molecular formula is C15H25N3O2. The number of carbonyl (C=O) groups is 1. The number of carboxylic acid groups (broad SMARTS) is 1. The third-order valence-electron chi connectivity index (χ3n) is 4.45. The molecule has 5 nitrogen and oxygen atoms in total. The van der Waals surface area contributed by atoms with E-state index < -0.39 is 5.97 Å². The lowest BCUT2D eigenvalue weighted by molar-refractivity contribution is -0.138. The molecule has 1 N–H and O–H groups in total. The highest BCUT2D eigenvalue weighted by molar-refractivity contribution is 5.67. The number of rotatable bonds is 6. The predicted octanol–water partition coefficient (Wildman–Crippen LogP) is 1.79. The van der Waals surface area contributed by atoms with Crippen LogP contribution in [0.3, 0.4) is 0 Å². The Morgan fingerprint density at radius 3 is 3.05 bits per heavy atom. The third-order valence-corrected chi connectivity index (χ3v) is 4.45. The van der Waals surface area contributed by atoms with Gasteiger partial charge in [-0.2, -0.15) is 5.10 Å². The van der Waals surface area contributed by atoms with E-state index in [0.717, 1.165) is 32.5 Å². The minimum absolute atomic E-state index is 0.270. The minimum atomic E-state index is -0.676. The van der Waals surface area contributed by atoms with Gasteiger partial charge < -0.3 is 10.0 Å². The summed E-state index contributed by atoms with van der Waals surface area (Å²) in [6.45, 7) is 5.28. The van der Waals surface area contributed by atoms with Crippen molar-refractivity contribution in [3.63, 3.8) is 0 Å². The van der Waals surface area contributed by atoms with Crippen molar-refractivity contribution in [3.8, 4) is 0 Å². The average Bonchev–Trinajstić information content (AvgIpc) is 2.81. The summed E-state index contributed by atoms with van der Waals surface area (Å²) in [5.74, 6) is 0.114. The van der Waals surface area contributed by atoms with Crippen molar-refractivity contribution >= 4 is 5.97 Å². The molecule has 0 aromatic carbocycles. The Labute approximate surface area is 120 Å². The van der Waals surface area contributed by atoms with Gasteiger partial charge in [-0.3, -0.25) is 9.48 Å². The normalized spacial score (nSPS) is 21.8. The Kier molecular flexibility index (Phi) is 5.17. The van der Waals surface area contributed by atoms with Crippen LogP contribution in [0.4, 0.5) is 0 Å². The summed E-state index contributed by atoms with van der Waals surface area (Å²) in [4.78, 5) is 13.3. The first-order valence-electron chi connectivity index (χ1n) is 7.47. The van der Waals surface area contributed by atoms with Gasteiger partial charge in [-0.15, -0.1) is 0 Å². The molecular weight excluding hydrogens is 254 g/mol. The van der Waals surface area contributed by atoms with Crippen molar-refractivity contribution in [2.75, 3.05) is 19.6 Å². The fourth-order valence-corrected chi connectivity index (χ4v) is 3.12. The first-order chi connectivity index (χ1) is 9.56. The van der Waals surface area contributed by atoms with Gasteiger partial charge in [-0.25, -0.2) is 0 Å². The second-order valence-corrected chi connectivity index (χ2v) is 5.97. The van der Waals surface area contributed by atoms with Crippen molar-refractivity contribution in [3.05, 3.63) is 18.0 Å². The van der Waals surface area contributed by atoms with E-state index in [1.807, 2.05) is 17.9 Å². The molecule has 0 bridgehead atoms. The molecule has 0 radical (unpaired) electrons. The summed E-state index contributed by atoms with van der Waals surface area (Å²) in [5.41, 5.74) is 1.26. The van der Waals surface area contributed by atoms with E-state index in [2.05, 4.69) is 23.0 Å². The van der Waals surface area contributed by atoms with Crippen LogP contribution in [0.15, 0.2) is 12.3 Å². The largest absolute Gasteiger partial charge is 0.481 e. The molecule has 5 heteroatoms. The number of hydrogen-bond donors (Lipinski definition) is 1. The SMILES string of the molecule is CC(CC(=O)O)C1CCCN(CCc2ccnn2C)C1. The van der Waals surface area contributed by atoms with E-state index >= 15 is 0 Å². The number of hydrogen-bond acceptors (Lipinski definition) is 3. The van der Waals surface area contributed by atoms with Crippen LogP contribution >= 0.6 is 0 Å². The zero-order chi connectivity index (χ0) is 14.5. The molecule has 1 fully saturated rings. The van der Waals surface area contributed by atoms with E-state index in [9.17, 15) is 4.79 Å². The highest BCUT2D eigenvalue weighted by atomic mass is 16.4. The zero-order valence-corrected chi connectivity index (χ0v) is 12.5. The van der Waals surface area contributed by atoms with E-state index in [-0.39, 0.29) is 5.92 Å². The van der Waals surface area contributed by atoms with Crippen LogP contribution in [0.25, 0.3) is 0 Å². The van der Waals surface area contributed by atoms with Crippen LogP contribution in [0, 0.1) is 11.8 Å². The fraction of sp³-hybridized carbons (Fsp3) is 0.733. The summed E-state index contributed by atoms with van der Waals surface area (Å²) in [7, 11) is 1.98. The molecule has 0 aliphatic carbocycles. The number of aryl methyl sites for hydroxylation is 1. The molecule has 20 heavy (non-hydrogen) atoms. The number of likely N-dealkylation sites (tertiary alicyclic amines) is 1. The molecule has 2 unspecified atom stereocenters. The van der Waals surface area contributed by atoms with Crippen LogP contribution in [-0.4, -0.2) is 45.4 Å². The van der Waals surface area contributed by atoms with Gasteiger partial charge in [0.15, 0.2) is 0 Å². The summed E-state index contributed by atoms with van der Waals surface area (Å²) < 4.78 is 1.93. The van der Waals surface area contributed by atoms with E-state index in [0.29, 0.717) is 12.3 Å². The van der Waals surface area contributed by atoms with Crippen molar-refractivity contribution in [2.24, 2.45) is 18.9 Å². The summed E-state index contributed by atoms with van der Waals surface area (Å²) in [5, 5.41) is 13.1. The average molecular weight is 279 g/mol. The standard InChI is InChI=1S/C15H25N3O2/c1-12(10-15(19)20)13-4-3-8-18(11-13)9-6-14-5-7-16-17(14)2/h5,7,12-13H,3-4,6,8-11H2,1-2H3,(H,19,20). The Bertz CT molecular complexity index is 444. The second-order valence-electron chi connectivity index (χ2n) is 5.97. The first-order valence-corrected chi connectivity index (χ1v) is 7.47. The topological polar surface area (TPSA) is 58.4 Å². The molecule has 112 valence electrons. The smallest absolute Gasteiger partial charge is 0.303 e. The molecule has 1 aliphatic rings. The lowest BCUT2D eigenvalue weighted by Crippen LogP contribution is -2.39. The second kappa shape index (κ2) is 6.88. The molecule has 1 aliphatic heterocycles. The molecule has 2 heterocycles. The molecule has 1 saturated heterocycles. The van der Waals surface area contributed by atoms with Crippen LogP contribution in [0.1, 0.15) is 31.9 Å². The quantitative estimate of drug-likeness (QED) is 0.862. The monoisotopic (exact) mass is 279 g/mol. The zero-order valence-electron chi connectivity index (χ0n) is 12.5. The highest BCUT2D eigenvalue weighted by Crippen LogP contribution is 2.26. The Hall–Kier alpha value is -1.36. The molecule has 2 atom stereocenters. The maximum atomic E-state index is 10.8. The van der Waals surface area contributed by atoms with Gasteiger partial charge in [0, 0.05) is 44.9 Å². The molecule has 0 spiro atoms. The molecule has 1 aromatic heterocycles. The Morgan fingerprint density at radius 1 is 1.60 bits per heavy atom. The van der Waals surface area contributed by atoms with Crippen LogP contribution < -0.4 is 0 Å². The van der Waals surface area contributed by atoms with Gasteiger partial charge in [0.05, 0.1) is 0 Å². The number of nitrogens with zero attached hydrogens (tertiary/aromatic N) is 3. The van der Waals surface area contributed by atoms with Crippen LogP contribution in [-0.2, 0) is 18.3 Å². The van der Waals surface area contributed by atoms with Crippen molar-refractivity contribution in [2.45, 2.75) is 32.6 Å². The van der Waals surface area contributed by atoms with E-state index in [1.165, 1.54) is 12.1 Å².